The molecular formula is C34H38F6N6O3. The van der Waals surface area contributed by atoms with Crippen LogP contribution >= 0.6 is 0 Å². The Morgan fingerprint density at radius 1 is 1.08 bits per heavy atom. The number of alkyl halides is 5. The number of amides is 2. The van der Waals surface area contributed by atoms with Gasteiger partial charge in [0.1, 0.15) is 23.6 Å². The van der Waals surface area contributed by atoms with Gasteiger partial charge in [-0.3, -0.25) is 14.5 Å². The predicted octanol–water partition coefficient (Wildman–Crippen LogP) is 5.59. The molecule has 3 N–H and O–H groups in total. The van der Waals surface area contributed by atoms with Crippen molar-refractivity contribution in [2.75, 3.05) is 39.1 Å². The minimum absolute atomic E-state index is 0.000266. The van der Waals surface area contributed by atoms with E-state index in [4.69, 9.17) is 4.74 Å². The van der Waals surface area contributed by atoms with Crippen molar-refractivity contribution in [1.29, 1.82) is 0 Å². The summed E-state index contributed by atoms with van der Waals surface area (Å²) in [5, 5.41) is 8.28. The lowest BCUT2D eigenvalue weighted by molar-refractivity contribution is -0.140. The molecule has 9 nitrogen and oxygen atoms in total. The number of rotatable bonds is 8. The van der Waals surface area contributed by atoms with Crippen LogP contribution in [0.5, 0.6) is 5.75 Å². The van der Waals surface area contributed by atoms with E-state index in [1.807, 2.05) is 6.92 Å². The number of hydrogen-bond donors (Lipinski definition) is 3. The summed E-state index contributed by atoms with van der Waals surface area (Å²) in [6.45, 7) is 1.87. The second kappa shape index (κ2) is 14.6. The molecule has 1 unspecified atom stereocenters. The van der Waals surface area contributed by atoms with Gasteiger partial charge in [-0.05, 0) is 43.4 Å². The Hall–Kier alpha value is -4.45. The number of imidazole rings is 1. The van der Waals surface area contributed by atoms with Crippen LogP contribution in [0.2, 0.25) is 0 Å². The number of halogens is 6. The van der Waals surface area contributed by atoms with E-state index in [2.05, 4.69) is 37.7 Å². The topological polar surface area (TPSA) is 101 Å². The third-order valence-electron chi connectivity index (χ3n) is 9.14. The fourth-order valence-electron chi connectivity index (χ4n) is 6.54. The van der Waals surface area contributed by atoms with Gasteiger partial charge < -0.3 is 25.3 Å². The number of ether oxygens (including phenoxy) is 1. The van der Waals surface area contributed by atoms with Gasteiger partial charge in [0.15, 0.2) is 0 Å². The number of nitrogens with one attached hydrogen (secondary N) is 3. The molecule has 1 saturated carbocycles. The maximum Gasteiger partial charge on any atom is 0.406 e. The van der Waals surface area contributed by atoms with Crippen molar-refractivity contribution < 1.29 is 40.7 Å². The number of aromatic nitrogens is 2. The van der Waals surface area contributed by atoms with Gasteiger partial charge in [0.05, 0.1) is 42.3 Å². The van der Waals surface area contributed by atoms with Crippen LogP contribution in [0, 0.1) is 23.6 Å². The van der Waals surface area contributed by atoms with Crippen LogP contribution in [0.15, 0.2) is 30.6 Å². The lowest BCUT2D eigenvalue weighted by atomic mass is 9.87. The van der Waals surface area contributed by atoms with Gasteiger partial charge in [-0.25, -0.2) is 18.2 Å². The Bertz CT molecular complexity index is 1750. The van der Waals surface area contributed by atoms with Gasteiger partial charge in [-0.2, -0.15) is 13.2 Å². The standard InChI is InChI=1S/C34H38F6N6O3/c1-20-17-45(22-6-9-33(36,37)10-7-22)12-8-26(20)44-32(48)24-13-21(14-28-30(24)43-19-46(28)18-34(38,39)40)5-4-11-42-27-16-25(35)23(31(47)41-2)15-29(27)49-3/h13-16,19-20,22,26,42H,6-12,17-18H2,1-3H3,(H,41,47)(H,44,48)/t20-,26?/m0/s1. The number of likely N-dealkylation sites (tertiary alicyclic amines) is 1. The van der Waals surface area contributed by atoms with Crippen molar-refractivity contribution >= 4 is 28.5 Å². The van der Waals surface area contributed by atoms with E-state index >= 15 is 0 Å². The molecule has 1 saturated heterocycles. The molecule has 264 valence electrons. The largest absolute Gasteiger partial charge is 0.495 e. The van der Waals surface area contributed by atoms with Crippen LogP contribution in [0.25, 0.3) is 11.0 Å². The van der Waals surface area contributed by atoms with Gasteiger partial charge in [0.2, 0.25) is 5.92 Å². The Morgan fingerprint density at radius 2 is 1.82 bits per heavy atom. The Kier molecular flexibility index (Phi) is 10.7. The van der Waals surface area contributed by atoms with Crippen molar-refractivity contribution in [3.05, 3.63) is 53.1 Å². The molecule has 0 radical (unpaired) electrons. The third-order valence-corrected chi connectivity index (χ3v) is 9.14. The van der Waals surface area contributed by atoms with Crippen molar-refractivity contribution in [2.24, 2.45) is 5.92 Å². The summed E-state index contributed by atoms with van der Waals surface area (Å²) in [7, 11) is 2.73. The van der Waals surface area contributed by atoms with Crippen LogP contribution in [0.1, 0.15) is 65.3 Å². The molecule has 1 aromatic heterocycles. The molecule has 0 bridgehead atoms. The zero-order valence-corrected chi connectivity index (χ0v) is 27.3. The van der Waals surface area contributed by atoms with Gasteiger partial charge in [0.25, 0.3) is 11.8 Å². The van der Waals surface area contributed by atoms with E-state index in [0.29, 0.717) is 32.4 Å². The molecular weight excluding hydrogens is 654 g/mol. The van der Waals surface area contributed by atoms with Crippen molar-refractivity contribution in [1.82, 2.24) is 25.1 Å². The Labute approximate surface area is 279 Å². The first kappa shape index (κ1) is 35.8. The average Bonchev–Trinajstić information content (AvgIpc) is 3.44. The second-order valence-corrected chi connectivity index (χ2v) is 12.6. The number of nitrogens with zero attached hydrogens (tertiary/aromatic N) is 3. The normalized spacial score (nSPS) is 19.9. The van der Waals surface area contributed by atoms with Gasteiger partial charge in [-0.1, -0.05) is 18.8 Å². The van der Waals surface area contributed by atoms with Crippen LogP contribution in [0.4, 0.5) is 32.0 Å². The SMILES string of the molecule is CNC(=O)c1cc(OC)c(NCC#Cc2cc(C(=O)NC3CCN(C4CCC(F)(F)CC4)C[C@@H]3C)c3ncn(CC(F)(F)F)c3c2)cc1F. The summed E-state index contributed by atoms with van der Waals surface area (Å²) in [4.78, 5) is 32.0. The first-order valence-corrected chi connectivity index (χ1v) is 16.0. The molecule has 3 aromatic rings. The highest BCUT2D eigenvalue weighted by molar-refractivity contribution is 6.05. The van der Waals surface area contributed by atoms with Crippen LogP contribution < -0.4 is 20.7 Å². The van der Waals surface area contributed by atoms with Crippen molar-refractivity contribution in [3.8, 4) is 17.6 Å². The zero-order valence-electron chi connectivity index (χ0n) is 27.3. The lowest BCUT2D eigenvalue weighted by Crippen LogP contribution is -2.53. The molecule has 2 atom stereocenters. The molecule has 15 heteroatoms. The molecule has 2 fully saturated rings. The summed E-state index contributed by atoms with van der Waals surface area (Å²) < 4.78 is 88.3. The lowest BCUT2D eigenvalue weighted by Gasteiger charge is -2.43. The van der Waals surface area contributed by atoms with E-state index in [-0.39, 0.29) is 76.5 Å². The fourth-order valence-corrected chi connectivity index (χ4v) is 6.54. The number of benzene rings is 2. The van der Waals surface area contributed by atoms with Crippen LogP contribution in [-0.2, 0) is 6.54 Å². The highest BCUT2D eigenvalue weighted by Crippen LogP contribution is 2.36. The minimum Gasteiger partial charge on any atom is -0.495 e. The van der Waals surface area contributed by atoms with E-state index < -0.39 is 36.3 Å². The summed E-state index contributed by atoms with van der Waals surface area (Å²) in [6, 6.07) is 5.05. The maximum atomic E-state index is 14.5. The van der Waals surface area contributed by atoms with E-state index in [1.165, 1.54) is 32.4 Å². The van der Waals surface area contributed by atoms with E-state index in [1.54, 1.807) is 0 Å². The number of anilines is 1. The smallest absolute Gasteiger partial charge is 0.406 e. The van der Waals surface area contributed by atoms with Gasteiger partial charge in [-0.15, -0.1) is 0 Å². The molecule has 2 heterocycles. The minimum atomic E-state index is -4.54. The molecule has 5 rings (SSSR count). The average molecular weight is 693 g/mol. The van der Waals surface area contributed by atoms with Gasteiger partial charge >= 0.3 is 6.18 Å². The molecule has 1 aliphatic heterocycles. The number of methoxy groups -OCH3 is 1. The summed E-state index contributed by atoms with van der Waals surface area (Å²) in [6.07, 6.45) is -2.33. The Balaban J connectivity index is 1.34. The highest BCUT2D eigenvalue weighted by Gasteiger charge is 2.39. The van der Waals surface area contributed by atoms with Crippen LogP contribution in [0.3, 0.4) is 0 Å². The number of fused-ring (bicyclic) bond motifs is 1. The first-order chi connectivity index (χ1) is 23.2. The molecule has 2 aliphatic rings. The third kappa shape index (κ3) is 8.59. The summed E-state index contributed by atoms with van der Waals surface area (Å²) in [5.41, 5.74) is 0.508. The second-order valence-electron chi connectivity index (χ2n) is 12.6. The number of carbonyl (C=O) groups is 2. The van der Waals surface area contributed by atoms with Crippen molar-refractivity contribution in [3.63, 3.8) is 0 Å². The fraction of sp³-hybridized carbons (Fsp3) is 0.500. The number of carbonyl (C=O) groups excluding carboxylic acids is 2. The Morgan fingerprint density at radius 3 is 2.47 bits per heavy atom. The molecule has 1 aliphatic carbocycles. The highest BCUT2D eigenvalue weighted by atomic mass is 19.4. The summed E-state index contributed by atoms with van der Waals surface area (Å²) in [5.74, 6) is 1.35. The monoisotopic (exact) mass is 692 g/mol. The van der Waals surface area contributed by atoms with E-state index in [9.17, 15) is 35.9 Å². The number of hydrogen-bond acceptors (Lipinski definition) is 6. The summed E-state index contributed by atoms with van der Waals surface area (Å²) >= 11 is 0. The molecule has 49 heavy (non-hydrogen) atoms. The van der Waals surface area contributed by atoms with Crippen LogP contribution in [-0.4, -0.2) is 84.2 Å². The molecule has 0 spiro atoms. The number of piperidine rings is 1. The first-order valence-electron chi connectivity index (χ1n) is 16.0. The van der Waals surface area contributed by atoms with Crippen molar-refractivity contribution in [2.45, 2.75) is 69.8 Å². The maximum absolute atomic E-state index is 14.5. The quantitative estimate of drug-likeness (QED) is 0.211. The van der Waals surface area contributed by atoms with E-state index in [0.717, 1.165) is 17.0 Å². The van der Waals surface area contributed by atoms with Gasteiger partial charge in [0, 0.05) is 56.7 Å². The predicted molar refractivity (Wildman–Crippen MR) is 171 cm³/mol. The molecule has 2 aromatic carbocycles. The zero-order chi connectivity index (χ0) is 35.5. The molecule has 2 amide bonds.